The topological polar surface area (TPSA) is 55.4 Å². The summed E-state index contributed by atoms with van der Waals surface area (Å²) in [6, 6.07) is -1.37. The third kappa shape index (κ3) is 7.47. The number of hydrogen-bond acceptors (Lipinski definition) is 3. The summed E-state index contributed by atoms with van der Waals surface area (Å²) in [5.74, 6) is -3.58. The van der Waals surface area contributed by atoms with Crippen LogP contribution in [-0.4, -0.2) is 29.7 Å². The van der Waals surface area contributed by atoms with Crippen LogP contribution in [0.2, 0.25) is 0 Å². The van der Waals surface area contributed by atoms with Gasteiger partial charge < -0.3 is 10.1 Å². The molecule has 4 nitrogen and oxygen atoms in total. The second kappa shape index (κ2) is 8.19. The van der Waals surface area contributed by atoms with E-state index in [-0.39, 0.29) is 0 Å². The molecule has 0 aliphatic rings. The zero-order chi connectivity index (χ0) is 17.6. The molecule has 0 radical (unpaired) electrons. The molecule has 2 atom stereocenters. The number of amides is 1. The van der Waals surface area contributed by atoms with E-state index in [2.05, 4.69) is 0 Å². The van der Waals surface area contributed by atoms with Crippen molar-refractivity contribution in [3.63, 3.8) is 0 Å². The van der Waals surface area contributed by atoms with E-state index in [4.69, 9.17) is 4.74 Å². The number of carbonyl (C=O) groups excluding carboxylic acids is 2. The van der Waals surface area contributed by atoms with E-state index in [1.165, 1.54) is 0 Å². The second-order valence-electron chi connectivity index (χ2n) is 5.96. The van der Waals surface area contributed by atoms with Crippen molar-refractivity contribution < 1.29 is 27.5 Å². The van der Waals surface area contributed by atoms with E-state index in [1.807, 2.05) is 6.92 Å². The molecule has 1 amide bonds. The van der Waals surface area contributed by atoms with Crippen LogP contribution in [0, 0.1) is 5.92 Å². The summed E-state index contributed by atoms with van der Waals surface area (Å²) in [5.41, 5.74) is -0.856. The van der Waals surface area contributed by atoms with Crippen LogP contribution in [0.5, 0.6) is 0 Å². The largest absolute Gasteiger partial charge is 0.471 e. The highest BCUT2D eigenvalue weighted by Gasteiger charge is 2.42. The van der Waals surface area contributed by atoms with Gasteiger partial charge in [-0.05, 0) is 34.1 Å². The number of ether oxygens (including phenoxy) is 1. The summed E-state index contributed by atoms with van der Waals surface area (Å²) in [7, 11) is 0. The highest BCUT2D eigenvalue weighted by Crippen LogP contribution is 2.21. The molecule has 0 saturated heterocycles. The number of allylic oxidation sites excluding steroid dienone is 1. The standard InChI is InChI=1S/C15H24F3NO3/c1-6-8-10(9-7-2)11(12(20)22-14(3,4)5)19-13(21)15(16,17)18/h6,8,10-11H,7,9H2,1-5H3,(H,19,21)/b8-6+/t10-,11-/m0/s1. The smallest absolute Gasteiger partial charge is 0.458 e. The van der Waals surface area contributed by atoms with E-state index in [1.54, 1.807) is 45.2 Å². The number of esters is 1. The van der Waals surface area contributed by atoms with Gasteiger partial charge in [-0.1, -0.05) is 25.5 Å². The predicted molar refractivity (Wildman–Crippen MR) is 77.0 cm³/mol. The molecule has 1 N–H and O–H groups in total. The summed E-state index contributed by atoms with van der Waals surface area (Å²) in [6.45, 7) is 8.36. The third-order valence-electron chi connectivity index (χ3n) is 2.69. The van der Waals surface area contributed by atoms with Crippen molar-refractivity contribution in [3.8, 4) is 0 Å². The maximum absolute atomic E-state index is 12.5. The van der Waals surface area contributed by atoms with Crippen molar-refractivity contribution in [2.75, 3.05) is 0 Å². The summed E-state index contributed by atoms with van der Waals surface area (Å²) in [4.78, 5) is 23.4. The Balaban J connectivity index is 5.37. The molecule has 0 saturated carbocycles. The molecule has 0 bridgehead atoms. The van der Waals surface area contributed by atoms with E-state index in [0.29, 0.717) is 12.8 Å². The van der Waals surface area contributed by atoms with Gasteiger partial charge in [0.1, 0.15) is 11.6 Å². The van der Waals surface area contributed by atoms with E-state index < -0.39 is 35.6 Å². The minimum atomic E-state index is -5.05. The average molecular weight is 323 g/mol. The normalized spacial score (nSPS) is 15.5. The zero-order valence-corrected chi connectivity index (χ0v) is 13.6. The molecule has 0 aliphatic carbocycles. The second-order valence-corrected chi connectivity index (χ2v) is 5.96. The molecule has 0 rings (SSSR count). The van der Waals surface area contributed by atoms with Crippen LogP contribution in [-0.2, 0) is 14.3 Å². The molecule has 0 unspecified atom stereocenters. The van der Waals surface area contributed by atoms with Gasteiger partial charge in [0.25, 0.3) is 0 Å². The van der Waals surface area contributed by atoms with E-state index in [0.717, 1.165) is 0 Å². The molecule has 7 heteroatoms. The SMILES string of the molecule is C/C=C/[C@@H](CCC)[C@H](NC(=O)C(F)(F)F)C(=O)OC(C)(C)C. The van der Waals surface area contributed by atoms with Gasteiger partial charge in [0.2, 0.25) is 0 Å². The van der Waals surface area contributed by atoms with Crippen LogP contribution in [0.3, 0.4) is 0 Å². The minimum absolute atomic E-state index is 0.451. The molecule has 22 heavy (non-hydrogen) atoms. The van der Waals surface area contributed by atoms with Gasteiger partial charge in [-0.25, -0.2) is 4.79 Å². The van der Waals surface area contributed by atoms with Crippen molar-refractivity contribution in [2.24, 2.45) is 5.92 Å². The van der Waals surface area contributed by atoms with Crippen LogP contribution >= 0.6 is 0 Å². The Morgan fingerprint density at radius 2 is 1.77 bits per heavy atom. The van der Waals surface area contributed by atoms with Crippen LogP contribution in [0.25, 0.3) is 0 Å². The number of nitrogens with one attached hydrogen (secondary N) is 1. The van der Waals surface area contributed by atoms with E-state index in [9.17, 15) is 22.8 Å². The Hall–Kier alpha value is -1.53. The number of hydrogen-bond donors (Lipinski definition) is 1. The fourth-order valence-electron chi connectivity index (χ4n) is 1.88. The summed E-state index contributed by atoms with van der Waals surface area (Å²) in [5, 5.41) is 1.76. The molecule has 0 aromatic carbocycles. The Bertz CT molecular complexity index is 411. The average Bonchev–Trinajstić information content (AvgIpc) is 2.32. The first-order valence-corrected chi connectivity index (χ1v) is 7.15. The van der Waals surface area contributed by atoms with Gasteiger partial charge in [-0.2, -0.15) is 13.2 Å². The molecule has 0 aromatic heterocycles. The highest BCUT2D eigenvalue weighted by atomic mass is 19.4. The van der Waals surface area contributed by atoms with Crippen molar-refractivity contribution in [3.05, 3.63) is 12.2 Å². The summed E-state index contributed by atoms with van der Waals surface area (Å²) >= 11 is 0. The molecule has 0 heterocycles. The molecule has 0 spiro atoms. The maximum Gasteiger partial charge on any atom is 0.471 e. The Morgan fingerprint density at radius 1 is 1.23 bits per heavy atom. The molecule has 0 aliphatic heterocycles. The first-order chi connectivity index (χ1) is 9.92. The van der Waals surface area contributed by atoms with Crippen LogP contribution in [0.15, 0.2) is 12.2 Å². The molecule has 0 aromatic rings. The highest BCUT2D eigenvalue weighted by molar-refractivity contribution is 5.88. The summed E-state index contributed by atoms with van der Waals surface area (Å²) < 4.78 is 42.5. The number of alkyl halides is 3. The first kappa shape index (κ1) is 20.5. The third-order valence-corrected chi connectivity index (χ3v) is 2.69. The van der Waals surface area contributed by atoms with Crippen molar-refractivity contribution >= 4 is 11.9 Å². The van der Waals surface area contributed by atoms with Crippen molar-refractivity contribution in [2.45, 2.75) is 65.3 Å². The van der Waals surface area contributed by atoms with Gasteiger partial charge in [0.05, 0.1) is 0 Å². The zero-order valence-electron chi connectivity index (χ0n) is 13.6. The monoisotopic (exact) mass is 323 g/mol. The van der Waals surface area contributed by atoms with Gasteiger partial charge in [-0.15, -0.1) is 0 Å². The number of halogens is 3. The lowest BCUT2D eigenvalue weighted by Gasteiger charge is -2.28. The fourth-order valence-corrected chi connectivity index (χ4v) is 1.88. The first-order valence-electron chi connectivity index (χ1n) is 7.15. The van der Waals surface area contributed by atoms with Gasteiger partial charge in [0, 0.05) is 5.92 Å². The van der Waals surface area contributed by atoms with Crippen molar-refractivity contribution in [1.29, 1.82) is 0 Å². The van der Waals surface area contributed by atoms with Gasteiger partial charge in [0.15, 0.2) is 0 Å². The molecule has 128 valence electrons. The van der Waals surface area contributed by atoms with Crippen LogP contribution < -0.4 is 5.32 Å². The lowest BCUT2D eigenvalue weighted by atomic mass is 9.93. The van der Waals surface area contributed by atoms with E-state index >= 15 is 0 Å². The predicted octanol–water partition coefficient (Wildman–Crippen LogP) is 3.37. The van der Waals surface area contributed by atoms with Gasteiger partial charge in [-0.3, -0.25) is 4.79 Å². The van der Waals surface area contributed by atoms with Crippen LogP contribution in [0.4, 0.5) is 13.2 Å². The number of rotatable bonds is 6. The Labute approximate surface area is 129 Å². The molecule has 0 fully saturated rings. The number of carbonyl (C=O) groups is 2. The Kier molecular flexibility index (Phi) is 7.62. The summed E-state index contributed by atoms with van der Waals surface area (Å²) in [6.07, 6.45) is -0.707. The lowest BCUT2D eigenvalue weighted by Crippen LogP contribution is -2.51. The molecular weight excluding hydrogens is 299 g/mol. The van der Waals surface area contributed by atoms with Gasteiger partial charge >= 0.3 is 18.1 Å². The Morgan fingerprint density at radius 3 is 2.14 bits per heavy atom. The molecular formula is C15H24F3NO3. The lowest BCUT2D eigenvalue weighted by molar-refractivity contribution is -0.177. The fraction of sp³-hybridized carbons (Fsp3) is 0.733. The quantitative estimate of drug-likeness (QED) is 0.602. The van der Waals surface area contributed by atoms with Crippen molar-refractivity contribution in [1.82, 2.24) is 5.32 Å². The maximum atomic E-state index is 12.5. The minimum Gasteiger partial charge on any atom is -0.458 e. The van der Waals surface area contributed by atoms with Crippen LogP contribution in [0.1, 0.15) is 47.5 Å².